The van der Waals surface area contributed by atoms with Crippen LogP contribution in [0, 0.1) is 0 Å². The maximum atomic E-state index is 11.3. The van der Waals surface area contributed by atoms with Gasteiger partial charge in [-0.05, 0) is 31.5 Å². The monoisotopic (exact) mass is 268 g/mol. The van der Waals surface area contributed by atoms with Crippen molar-refractivity contribution in [2.45, 2.75) is 26.4 Å². The van der Waals surface area contributed by atoms with E-state index in [1.165, 1.54) is 7.11 Å². The van der Waals surface area contributed by atoms with E-state index in [4.69, 9.17) is 14.2 Å². The minimum absolute atomic E-state index is 0.0784. The van der Waals surface area contributed by atoms with Gasteiger partial charge in [-0.25, -0.2) is 0 Å². The van der Waals surface area contributed by atoms with E-state index < -0.39 is 12.1 Å². The number of carbonyl (C=O) groups excluding carboxylic acids is 1. The van der Waals surface area contributed by atoms with Crippen molar-refractivity contribution in [1.29, 1.82) is 0 Å². The third-order valence-electron chi connectivity index (χ3n) is 2.54. The van der Waals surface area contributed by atoms with E-state index in [2.05, 4.69) is 0 Å². The molecule has 0 spiro atoms. The Balaban J connectivity index is 2.80. The van der Waals surface area contributed by atoms with Gasteiger partial charge in [0, 0.05) is 0 Å². The van der Waals surface area contributed by atoms with Gasteiger partial charge in [0.05, 0.1) is 32.8 Å². The van der Waals surface area contributed by atoms with Crippen LogP contribution in [-0.4, -0.2) is 31.4 Å². The zero-order valence-corrected chi connectivity index (χ0v) is 11.5. The number of aliphatic hydroxyl groups excluding tert-OH is 1. The topological polar surface area (TPSA) is 65.0 Å². The summed E-state index contributed by atoms with van der Waals surface area (Å²) in [5.74, 6) is 0.710. The van der Waals surface area contributed by atoms with Crippen LogP contribution in [0.15, 0.2) is 18.2 Å². The molecule has 1 N–H and O–H groups in total. The van der Waals surface area contributed by atoms with Crippen LogP contribution in [-0.2, 0) is 9.53 Å². The Bertz CT molecular complexity index is 416. The lowest BCUT2D eigenvalue weighted by molar-refractivity contribution is -0.145. The normalized spacial score (nSPS) is 11.8. The van der Waals surface area contributed by atoms with Crippen molar-refractivity contribution in [3.63, 3.8) is 0 Å². The van der Waals surface area contributed by atoms with Crippen molar-refractivity contribution in [3.05, 3.63) is 23.8 Å². The van der Waals surface area contributed by atoms with E-state index in [0.717, 1.165) is 0 Å². The van der Waals surface area contributed by atoms with Crippen molar-refractivity contribution in [2.24, 2.45) is 0 Å². The van der Waals surface area contributed by atoms with Gasteiger partial charge in [-0.2, -0.15) is 0 Å². The Labute approximate surface area is 113 Å². The zero-order valence-electron chi connectivity index (χ0n) is 11.5. The summed E-state index contributed by atoms with van der Waals surface area (Å²) in [7, 11) is 1.53. The number of methoxy groups -OCH3 is 1. The lowest BCUT2D eigenvalue weighted by atomic mass is 10.1. The fourth-order valence-electron chi connectivity index (χ4n) is 1.66. The molecule has 1 aromatic carbocycles. The van der Waals surface area contributed by atoms with Gasteiger partial charge in [0.1, 0.15) is 0 Å². The fourth-order valence-corrected chi connectivity index (χ4v) is 1.66. The molecule has 1 atom stereocenters. The molecule has 0 amide bonds. The molecule has 0 aliphatic rings. The van der Waals surface area contributed by atoms with Gasteiger partial charge in [0.25, 0.3) is 0 Å². The number of benzene rings is 1. The number of hydrogen-bond acceptors (Lipinski definition) is 5. The molecule has 0 radical (unpaired) electrons. The predicted molar refractivity (Wildman–Crippen MR) is 70.4 cm³/mol. The van der Waals surface area contributed by atoms with Crippen molar-refractivity contribution < 1.29 is 24.1 Å². The fraction of sp³-hybridized carbons (Fsp3) is 0.500. The van der Waals surface area contributed by atoms with E-state index >= 15 is 0 Å². The summed E-state index contributed by atoms with van der Waals surface area (Å²) < 4.78 is 15.4. The summed E-state index contributed by atoms with van der Waals surface area (Å²) in [5.41, 5.74) is 0.591. The molecule has 0 bridgehead atoms. The maximum absolute atomic E-state index is 11.3. The van der Waals surface area contributed by atoms with Gasteiger partial charge < -0.3 is 19.3 Å². The minimum Gasteiger partial charge on any atom is -0.493 e. The molecular formula is C14H20O5. The number of ether oxygens (including phenoxy) is 3. The number of rotatable bonds is 7. The van der Waals surface area contributed by atoms with E-state index in [-0.39, 0.29) is 6.42 Å². The third kappa shape index (κ3) is 4.44. The average Bonchev–Trinajstić information content (AvgIpc) is 2.39. The summed E-state index contributed by atoms with van der Waals surface area (Å²) in [6.45, 7) is 4.44. The first-order chi connectivity index (χ1) is 9.12. The molecule has 0 saturated carbocycles. The summed E-state index contributed by atoms with van der Waals surface area (Å²) in [6.07, 6.45) is -0.992. The quantitative estimate of drug-likeness (QED) is 0.767. The number of carbonyl (C=O) groups is 1. The van der Waals surface area contributed by atoms with Crippen molar-refractivity contribution in [3.8, 4) is 11.5 Å². The van der Waals surface area contributed by atoms with E-state index in [1.54, 1.807) is 25.1 Å². The van der Waals surface area contributed by atoms with Crippen molar-refractivity contribution in [2.75, 3.05) is 20.3 Å². The summed E-state index contributed by atoms with van der Waals surface area (Å²) in [6, 6.07) is 5.08. The van der Waals surface area contributed by atoms with Gasteiger partial charge >= 0.3 is 5.97 Å². The lowest BCUT2D eigenvalue weighted by Gasteiger charge is -2.14. The van der Waals surface area contributed by atoms with Crippen LogP contribution in [0.25, 0.3) is 0 Å². The van der Waals surface area contributed by atoms with Crippen LogP contribution in [0.2, 0.25) is 0 Å². The Hall–Kier alpha value is -1.75. The Kier molecular flexibility index (Phi) is 6.15. The minimum atomic E-state index is -0.913. The van der Waals surface area contributed by atoms with Crippen LogP contribution < -0.4 is 9.47 Å². The molecule has 0 fully saturated rings. The Morgan fingerprint density at radius 3 is 2.58 bits per heavy atom. The second-order valence-electron chi connectivity index (χ2n) is 3.87. The van der Waals surface area contributed by atoms with E-state index in [9.17, 15) is 9.90 Å². The molecule has 5 nitrogen and oxygen atoms in total. The highest BCUT2D eigenvalue weighted by Crippen LogP contribution is 2.31. The van der Waals surface area contributed by atoms with Crippen LogP contribution in [0.5, 0.6) is 11.5 Å². The number of hydrogen-bond donors (Lipinski definition) is 1. The number of esters is 1. The molecule has 19 heavy (non-hydrogen) atoms. The van der Waals surface area contributed by atoms with Gasteiger partial charge in [0.15, 0.2) is 11.5 Å². The molecule has 0 aliphatic heterocycles. The average molecular weight is 268 g/mol. The summed E-state index contributed by atoms with van der Waals surface area (Å²) in [4.78, 5) is 11.3. The Morgan fingerprint density at radius 2 is 2.00 bits per heavy atom. The highest BCUT2D eigenvalue weighted by molar-refractivity contribution is 5.70. The van der Waals surface area contributed by atoms with E-state index in [0.29, 0.717) is 30.3 Å². The van der Waals surface area contributed by atoms with Crippen LogP contribution >= 0.6 is 0 Å². The van der Waals surface area contributed by atoms with Crippen LogP contribution in [0.1, 0.15) is 31.9 Å². The first-order valence-electron chi connectivity index (χ1n) is 6.26. The smallest absolute Gasteiger partial charge is 0.308 e. The standard InChI is InChI=1S/C14H20O5/c1-4-18-12-7-6-10(8-13(12)17-3)11(15)9-14(16)19-5-2/h6-8,11,15H,4-5,9H2,1-3H3. The van der Waals surface area contributed by atoms with Gasteiger partial charge in [-0.1, -0.05) is 6.07 Å². The third-order valence-corrected chi connectivity index (χ3v) is 2.54. The van der Waals surface area contributed by atoms with Crippen LogP contribution in [0.4, 0.5) is 0 Å². The van der Waals surface area contributed by atoms with Gasteiger partial charge in [-0.15, -0.1) is 0 Å². The second-order valence-corrected chi connectivity index (χ2v) is 3.87. The first kappa shape index (κ1) is 15.3. The molecular weight excluding hydrogens is 248 g/mol. The molecule has 0 saturated heterocycles. The maximum Gasteiger partial charge on any atom is 0.308 e. The van der Waals surface area contributed by atoms with Gasteiger partial charge in [-0.3, -0.25) is 4.79 Å². The first-order valence-corrected chi connectivity index (χ1v) is 6.26. The lowest BCUT2D eigenvalue weighted by Crippen LogP contribution is -2.10. The molecule has 5 heteroatoms. The molecule has 106 valence electrons. The highest BCUT2D eigenvalue weighted by Gasteiger charge is 2.16. The molecule has 0 aromatic heterocycles. The van der Waals surface area contributed by atoms with Crippen molar-refractivity contribution >= 4 is 5.97 Å². The highest BCUT2D eigenvalue weighted by atomic mass is 16.5. The SMILES string of the molecule is CCOC(=O)CC(O)c1ccc(OCC)c(OC)c1. The zero-order chi connectivity index (χ0) is 14.3. The Morgan fingerprint density at radius 1 is 1.26 bits per heavy atom. The largest absolute Gasteiger partial charge is 0.493 e. The van der Waals surface area contributed by atoms with Crippen molar-refractivity contribution in [1.82, 2.24) is 0 Å². The molecule has 0 aliphatic carbocycles. The molecule has 1 rings (SSSR count). The predicted octanol–water partition coefficient (Wildman–Crippen LogP) is 2.08. The van der Waals surface area contributed by atoms with Gasteiger partial charge in [0.2, 0.25) is 0 Å². The summed E-state index contributed by atoms with van der Waals surface area (Å²) in [5, 5.41) is 9.96. The van der Waals surface area contributed by atoms with E-state index in [1.807, 2.05) is 6.92 Å². The summed E-state index contributed by atoms with van der Waals surface area (Å²) >= 11 is 0. The molecule has 1 unspecified atom stereocenters. The molecule has 1 aromatic rings. The second kappa shape index (κ2) is 7.63. The molecule has 0 heterocycles. The number of aliphatic hydroxyl groups is 1. The van der Waals surface area contributed by atoms with Crippen LogP contribution in [0.3, 0.4) is 0 Å².